The van der Waals surface area contributed by atoms with Gasteiger partial charge in [0.05, 0.1) is 5.56 Å². The molecule has 0 N–H and O–H groups in total. The second kappa shape index (κ2) is 8.65. The number of aromatic nitrogens is 1. The second-order valence-corrected chi connectivity index (χ2v) is 6.92. The molecular formula is C23H23N3O3. The summed E-state index contributed by atoms with van der Waals surface area (Å²) in [6, 6.07) is 21.2. The van der Waals surface area contributed by atoms with Crippen molar-refractivity contribution in [3.05, 3.63) is 84.7 Å². The minimum Gasteiger partial charge on any atom is -0.452 e. The highest BCUT2D eigenvalue weighted by Gasteiger charge is 2.22. The number of piperazine rings is 1. The van der Waals surface area contributed by atoms with E-state index in [1.165, 1.54) is 0 Å². The number of amides is 1. The zero-order valence-electron chi connectivity index (χ0n) is 16.1. The van der Waals surface area contributed by atoms with Gasteiger partial charge in [0, 0.05) is 49.9 Å². The molecule has 1 aliphatic heterocycles. The van der Waals surface area contributed by atoms with Crippen molar-refractivity contribution < 1.29 is 14.3 Å². The van der Waals surface area contributed by atoms with Crippen molar-refractivity contribution in [1.29, 1.82) is 0 Å². The van der Waals surface area contributed by atoms with E-state index in [0.717, 1.165) is 24.5 Å². The maximum Gasteiger partial charge on any atom is 0.338 e. The van der Waals surface area contributed by atoms with Crippen LogP contribution in [0.5, 0.6) is 0 Å². The van der Waals surface area contributed by atoms with Crippen molar-refractivity contribution in [1.82, 2.24) is 9.47 Å². The standard InChI is InChI=1S/C23H23N3O3/c27-22(26-15-13-25(14-16-26)20-8-2-1-3-9-20)18-29-23(28)19-7-6-10-21(17-19)24-11-4-5-12-24/h1-12,17H,13-16,18H2. The zero-order chi connectivity index (χ0) is 20.1. The first-order valence-electron chi connectivity index (χ1n) is 9.69. The number of benzene rings is 2. The molecule has 0 radical (unpaired) electrons. The molecule has 4 rings (SSSR count). The number of esters is 1. The number of ether oxygens (including phenoxy) is 1. The van der Waals surface area contributed by atoms with Crippen LogP contribution in [0, 0.1) is 0 Å². The van der Waals surface area contributed by atoms with E-state index in [-0.39, 0.29) is 12.5 Å². The normalized spacial score (nSPS) is 13.9. The van der Waals surface area contributed by atoms with E-state index < -0.39 is 5.97 Å². The Kier molecular flexibility index (Phi) is 5.61. The summed E-state index contributed by atoms with van der Waals surface area (Å²) in [5.74, 6) is -0.650. The van der Waals surface area contributed by atoms with Gasteiger partial charge < -0.3 is 19.1 Å². The summed E-state index contributed by atoms with van der Waals surface area (Å²) in [4.78, 5) is 28.8. The summed E-state index contributed by atoms with van der Waals surface area (Å²) >= 11 is 0. The van der Waals surface area contributed by atoms with Gasteiger partial charge in [-0.1, -0.05) is 24.3 Å². The summed E-state index contributed by atoms with van der Waals surface area (Å²) in [7, 11) is 0. The molecule has 0 atom stereocenters. The topological polar surface area (TPSA) is 54.8 Å². The highest BCUT2D eigenvalue weighted by molar-refractivity contribution is 5.91. The van der Waals surface area contributed by atoms with Gasteiger partial charge in [-0.15, -0.1) is 0 Å². The number of rotatable bonds is 5. The molecule has 29 heavy (non-hydrogen) atoms. The molecule has 1 aromatic heterocycles. The fourth-order valence-electron chi connectivity index (χ4n) is 3.45. The van der Waals surface area contributed by atoms with E-state index >= 15 is 0 Å². The molecule has 1 amide bonds. The van der Waals surface area contributed by atoms with E-state index in [9.17, 15) is 9.59 Å². The Morgan fingerprint density at radius 3 is 2.21 bits per heavy atom. The van der Waals surface area contributed by atoms with E-state index in [0.29, 0.717) is 18.7 Å². The predicted molar refractivity (Wildman–Crippen MR) is 111 cm³/mol. The van der Waals surface area contributed by atoms with Crippen molar-refractivity contribution in [3.8, 4) is 5.69 Å². The molecule has 2 aromatic carbocycles. The fourth-order valence-corrected chi connectivity index (χ4v) is 3.45. The van der Waals surface area contributed by atoms with Crippen LogP contribution in [0.1, 0.15) is 10.4 Å². The number of hydrogen-bond acceptors (Lipinski definition) is 4. The van der Waals surface area contributed by atoms with Gasteiger partial charge in [-0.2, -0.15) is 0 Å². The van der Waals surface area contributed by atoms with Gasteiger partial charge in [0.15, 0.2) is 6.61 Å². The highest BCUT2D eigenvalue weighted by Crippen LogP contribution is 2.16. The molecule has 148 valence electrons. The number of hydrogen-bond donors (Lipinski definition) is 0. The largest absolute Gasteiger partial charge is 0.452 e. The minimum atomic E-state index is -0.490. The van der Waals surface area contributed by atoms with Crippen LogP contribution in [0.4, 0.5) is 5.69 Å². The van der Waals surface area contributed by atoms with Gasteiger partial charge in [0.2, 0.25) is 0 Å². The monoisotopic (exact) mass is 389 g/mol. The molecule has 0 saturated carbocycles. The minimum absolute atomic E-state index is 0.160. The highest BCUT2D eigenvalue weighted by atomic mass is 16.5. The predicted octanol–water partition coefficient (Wildman–Crippen LogP) is 2.98. The molecule has 2 heterocycles. The van der Waals surface area contributed by atoms with Crippen molar-refractivity contribution in [2.45, 2.75) is 0 Å². The van der Waals surface area contributed by atoms with Gasteiger partial charge in [0.25, 0.3) is 5.91 Å². The van der Waals surface area contributed by atoms with Crippen molar-refractivity contribution >= 4 is 17.6 Å². The van der Waals surface area contributed by atoms with Crippen LogP contribution in [0.3, 0.4) is 0 Å². The van der Waals surface area contributed by atoms with Crippen LogP contribution in [0.2, 0.25) is 0 Å². The van der Waals surface area contributed by atoms with Crippen molar-refractivity contribution in [3.63, 3.8) is 0 Å². The summed E-state index contributed by atoms with van der Waals surface area (Å²) in [6.07, 6.45) is 3.81. The quantitative estimate of drug-likeness (QED) is 0.630. The third-order valence-corrected chi connectivity index (χ3v) is 5.06. The molecule has 1 aliphatic rings. The van der Waals surface area contributed by atoms with Gasteiger partial charge in [-0.25, -0.2) is 4.79 Å². The number of anilines is 1. The Bertz CT molecular complexity index is 962. The Hall–Kier alpha value is -3.54. The molecule has 6 nitrogen and oxygen atoms in total. The molecule has 1 fully saturated rings. The van der Waals surface area contributed by atoms with Gasteiger partial charge in [-0.05, 0) is 42.5 Å². The van der Waals surface area contributed by atoms with Gasteiger partial charge in [-0.3, -0.25) is 4.79 Å². The maximum atomic E-state index is 12.5. The number of carbonyl (C=O) groups is 2. The zero-order valence-corrected chi connectivity index (χ0v) is 16.1. The third kappa shape index (κ3) is 4.48. The van der Waals surface area contributed by atoms with Crippen molar-refractivity contribution in [2.24, 2.45) is 0 Å². The van der Waals surface area contributed by atoms with Gasteiger partial charge in [0.1, 0.15) is 0 Å². The summed E-state index contributed by atoms with van der Waals surface area (Å²) in [5.41, 5.74) is 2.46. The van der Waals surface area contributed by atoms with Crippen LogP contribution in [-0.2, 0) is 9.53 Å². The SMILES string of the molecule is O=C(OCC(=O)N1CCN(c2ccccc2)CC1)c1cccc(-n2cccc2)c1. The maximum absolute atomic E-state index is 12.5. The summed E-state index contributed by atoms with van der Waals surface area (Å²) in [5, 5.41) is 0. The third-order valence-electron chi connectivity index (χ3n) is 5.06. The Morgan fingerprint density at radius 2 is 1.48 bits per heavy atom. The number of nitrogens with zero attached hydrogens (tertiary/aromatic N) is 3. The van der Waals surface area contributed by atoms with Crippen LogP contribution in [0.25, 0.3) is 5.69 Å². The van der Waals surface area contributed by atoms with Crippen LogP contribution >= 0.6 is 0 Å². The average Bonchev–Trinajstić information content (AvgIpc) is 3.33. The first-order valence-corrected chi connectivity index (χ1v) is 9.69. The lowest BCUT2D eigenvalue weighted by molar-refractivity contribution is -0.134. The molecule has 6 heteroatoms. The number of para-hydroxylation sites is 1. The van der Waals surface area contributed by atoms with Gasteiger partial charge >= 0.3 is 5.97 Å². The molecule has 0 unspecified atom stereocenters. The van der Waals surface area contributed by atoms with E-state index in [2.05, 4.69) is 17.0 Å². The van der Waals surface area contributed by atoms with E-state index in [4.69, 9.17) is 4.74 Å². The molecule has 1 saturated heterocycles. The fraction of sp³-hybridized carbons (Fsp3) is 0.217. The van der Waals surface area contributed by atoms with Crippen LogP contribution in [-0.4, -0.2) is 54.1 Å². The van der Waals surface area contributed by atoms with E-state index in [1.807, 2.05) is 53.4 Å². The number of carbonyl (C=O) groups excluding carboxylic acids is 2. The van der Waals surface area contributed by atoms with Crippen LogP contribution in [0.15, 0.2) is 79.1 Å². The van der Waals surface area contributed by atoms with Crippen molar-refractivity contribution in [2.75, 3.05) is 37.7 Å². The first kappa shape index (κ1) is 18.8. The lowest BCUT2D eigenvalue weighted by atomic mass is 10.2. The molecule has 0 bridgehead atoms. The molecule has 0 aliphatic carbocycles. The molecule has 3 aromatic rings. The Labute approximate surface area is 169 Å². The van der Waals surface area contributed by atoms with Crippen LogP contribution < -0.4 is 4.90 Å². The summed E-state index contributed by atoms with van der Waals surface area (Å²) in [6.45, 7) is 2.53. The second-order valence-electron chi connectivity index (χ2n) is 6.92. The molecular weight excluding hydrogens is 366 g/mol. The van der Waals surface area contributed by atoms with E-state index in [1.54, 1.807) is 23.1 Å². The lowest BCUT2D eigenvalue weighted by Crippen LogP contribution is -2.49. The Morgan fingerprint density at radius 1 is 0.793 bits per heavy atom. The molecule has 0 spiro atoms. The lowest BCUT2D eigenvalue weighted by Gasteiger charge is -2.36. The summed E-state index contributed by atoms with van der Waals surface area (Å²) < 4.78 is 7.18. The average molecular weight is 389 g/mol. The Balaban J connectivity index is 1.29. The smallest absolute Gasteiger partial charge is 0.338 e. The first-order chi connectivity index (χ1) is 14.2.